The number of aliphatic hydroxyl groups excluding tert-OH is 1. The van der Waals surface area contributed by atoms with Gasteiger partial charge in [-0.05, 0) is 24.6 Å². The van der Waals surface area contributed by atoms with Gasteiger partial charge in [-0.3, -0.25) is 0 Å². The zero-order valence-electron chi connectivity index (χ0n) is 7.13. The van der Waals surface area contributed by atoms with E-state index in [1.54, 1.807) is 19.1 Å². The van der Waals surface area contributed by atoms with Crippen LogP contribution in [-0.4, -0.2) is 16.8 Å². The lowest BCUT2D eigenvalue weighted by atomic mass is 10.1. The van der Waals surface area contributed by atoms with Crippen molar-refractivity contribution in [3.05, 3.63) is 28.3 Å². The number of hydrogen-bond acceptors (Lipinski definition) is 2. The van der Waals surface area contributed by atoms with E-state index in [0.29, 0.717) is 11.1 Å². The quantitative estimate of drug-likeness (QED) is 0.620. The molecule has 0 aliphatic rings. The molecule has 0 aliphatic carbocycles. The van der Waals surface area contributed by atoms with Gasteiger partial charge in [0.15, 0.2) is 0 Å². The van der Waals surface area contributed by atoms with E-state index in [4.69, 9.17) is 16.7 Å². The van der Waals surface area contributed by atoms with E-state index in [2.05, 4.69) is 11.8 Å². The molecule has 1 rings (SSSR count). The zero-order valence-corrected chi connectivity index (χ0v) is 7.89. The van der Waals surface area contributed by atoms with Crippen molar-refractivity contribution in [3.63, 3.8) is 0 Å². The first-order valence-electron chi connectivity index (χ1n) is 3.74. The highest BCUT2D eigenvalue weighted by atomic mass is 35.5. The van der Waals surface area contributed by atoms with Crippen LogP contribution in [0.5, 0.6) is 5.75 Å². The molecule has 0 saturated carbocycles. The topological polar surface area (TPSA) is 40.5 Å². The van der Waals surface area contributed by atoms with E-state index < -0.39 is 0 Å². The van der Waals surface area contributed by atoms with Crippen LogP contribution in [0.3, 0.4) is 0 Å². The smallest absolute Gasteiger partial charge is 0.137 e. The summed E-state index contributed by atoms with van der Waals surface area (Å²) in [6, 6.07) is 3.27. The maximum atomic E-state index is 9.33. The van der Waals surface area contributed by atoms with Crippen LogP contribution >= 0.6 is 11.6 Å². The monoisotopic (exact) mass is 196 g/mol. The van der Waals surface area contributed by atoms with Gasteiger partial charge in [0.2, 0.25) is 0 Å². The first kappa shape index (κ1) is 9.91. The first-order valence-corrected chi connectivity index (χ1v) is 4.12. The molecule has 2 N–H and O–H groups in total. The van der Waals surface area contributed by atoms with Gasteiger partial charge in [0.25, 0.3) is 0 Å². The summed E-state index contributed by atoms with van der Waals surface area (Å²) < 4.78 is 0. The van der Waals surface area contributed by atoms with E-state index in [9.17, 15) is 5.11 Å². The number of halogens is 1. The Hall–Kier alpha value is -1.17. The Kier molecular flexibility index (Phi) is 3.18. The Bertz CT molecular complexity index is 351. The largest absolute Gasteiger partial charge is 0.506 e. The predicted octanol–water partition coefficient (Wildman–Crippen LogP) is 1.70. The molecule has 0 spiro atoms. The highest BCUT2D eigenvalue weighted by Gasteiger charge is 2.02. The van der Waals surface area contributed by atoms with E-state index in [-0.39, 0.29) is 17.4 Å². The molecule has 0 atom stereocenters. The number of aromatic hydroxyl groups is 1. The second kappa shape index (κ2) is 4.18. The highest BCUT2D eigenvalue weighted by Crippen LogP contribution is 2.27. The van der Waals surface area contributed by atoms with Crippen LogP contribution in [0.2, 0.25) is 5.02 Å². The van der Waals surface area contributed by atoms with E-state index in [1.165, 1.54) is 0 Å². The second-order valence-electron chi connectivity index (χ2n) is 2.58. The number of aliphatic hydroxyl groups is 1. The van der Waals surface area contributed by atoms with Crippen LogP contribution in [0.1, 0.15) is 11.1 Å². The summed E-state index contributed by atoms with van der Waals surface area (Å²) in [5.41, 5.74) is 1.36. The first-order chi connectivity index (χ1) is 6.15. The number of benzene rings is 1. The standard InChI is InChI=1S/C10H9ClO2/c1-7-5-8(3-2-4-12)6-9(11)10(7)13/h5-6,12-13H,4H2,1H3. The van der Waals surface area contributed by atoms with Crippen molar-refractivity contribution in [1.29, 1.82) is 0 Å². The van der Waals surface area contributed by atoms with Crippen molar-refractivity contribution < 1.29 is 10.2 Å². The SMILES string of the molecule is Cc1cc(C#CCO)cc(Cl)c1O. The summed E-state index contributed by atoms with van der Waals surface area (Å²) in [4.78, 5) is 0. The van der Waals surface area contributed by atoms with E-state index in [1.807, 2.05) is 0 Å². The lowest BCUT2D eigenvalue weighted by molar-refractivity contribution is 0.350. The van der Waals surface area contributed by atoms with Gasteiger partial charge in [-0.25, -0.2) is 0 Å². The fraction of sp³-hybridized carbons (Fsp3) is 0.200. The van der Waals surface area contributed by atoms with Crippen LogP contribution in [0.15, 0.2) is 12.1 Å². The maximum absolute atomic E-state index is 9.33. The Labute approximate surface area is 81.8 Å². The molecule has 0 aromatic heterocycles. The fourth-order valence-corrected chi connectivity index (χ4v) is 1.22. The normalized spacial score (nSPS) is 9.15. The fourth-order valence-electron chi connectivity index (χ4n) is 0.950. The number of phenols is 1. The molecule has 0 saturated heterocycles. The van der Waals surface area contributed by atoms with Crippen LogP contribution in [-0.2, 0) is 0 Å². The number of phenolic OH excluding ortho intramolecular Hbond substituents is 1. The minimum absolute atomic E-state index is 0.0798. The van der Waals surface area contributed by atoms with Crippen LogP contribution in [0.25, 0.3) is 0 Å². The van der Waals surface area contributed by atoms with Crippen molar-refractivity contribution in [1.82, 2.24) is 0 Å². The third-order valence-electron chi connectivity index (χ3n) is 1.57. The molecule has 0 aliphatic heterocycles. The second-order valence-corrected chi connectivity index (χ2v) is 2.99. The summed E-state index contributed by atoms with van der Waals surface area (Å²) in [5, 5.41) is 18.1. The summed E-state index contributed by atoms with van der Waals surface area (Å²) >= 11 is 5.72. The molecular weight excluding hydrogens is 188 g/mol. The molecule has 0 radical (unpaired) electrons. The molecule has 0 heterocycles. The van der Waals surface area contributed by atoms with E-state index >= 15 is 0 Å². The molecule has 0 fully saturated rings. The Balaban J connectivity index is 3.13. The lowest BCUT2D eigenvalue weighted by Gasteiger charge is -2.01. The lowest BCUT2D eigenvalue weighted by Crippen LogP contribution is -1.81. The number of aryl methyl sites for hydroxylation is 1. The third-order valence-corrected chi connectivity index (χ3v) is 1.85. The van der Waals surface area contributed by atoms with Gasteiger partial charge < -0.3 is 10.2 Å². The van der Waals surface area contributed by atoms with Crippen LogP contribution in [0.4, 0.5) is 0 Å². The van der Waals surface area contributed by atoms with Gasteiger partial charge in [-0.2, -0.15) is 0 Å². The minimum Gasteiger partial charge on any atom is -0.506 e. The van der Waals surface area contributed by atoms with Crippen molar-refractivity contribution >= 4 is 11.6 Å². The summed E-state index contributed by atoms with van der Waals surface area (Å²) in [5.74, 6) is 5.29. The molecule has 1 aromatic carbocycles. The summed E-state index contributed by atoms with van der Waals surface area (Å²) in [6.45, 7) is 1.56. The van der Waals surface area contributed by atoms with Crippen molar-refractivity contribution in [2.45, 2.75) is 6.92 Å². The average Bonchev–Trinajstić information content (AvgIpc) is 2.10. The minimum atomic E-state index is -0.183. The highest BCUT2D eigenvalue weighted by molar-refractivity contribution is 6.32. The molecule has 0 bridgehead atoms. The van der Waals surface area contributed by atoms with Gasteiger partial charge in [0.05, 0.1) is 5.02 Å². The maximum Gasteiger partial charge on any atom is 0.137 e. The van der Waals surface area contributed by atoms with Crippen LogP contribution < -0.4 is 0 Å². The van der Waals surface area contributed by atoms with Crippen LogP contribution in [0, 0.1) is 18.8 Å². The van der Waals surface area contributed by atoms with Gasteiger partial charge in [-0.1, -0.05) is 23.4 Å². The Morgan fingerprint density at radius 2 is 2.15 bits per heavy atom. The Morgan fingerprint density at radius 3 is 2.69 bits per heavy atom. The zero-order chi connectivity index (χ0) is 9.84. The van der Waals surface area contributed by atoms with Crippen molar-refractivity contribution in [3.8, 4) is 17.6 Å². The molecule has 3 heteroatoms. The van der Waals surface area contributed by atoms with Crippen molar-refractivity contribution in [2.75, 3.05) is 6.61 Å². The van der Waals surface area contributed by atoms with Gasteiger partial charge in [0, 0.05) is 5.56 Å². The predicted molar refractivity (Wildman–Crippen MR) is 51.8 cm³/mol. The molecule has 0 amide bonds. The number of rotatable bonds is 0. The molecular formula is C10H9ClO2. The molecule has 68 valence electrons. The summed E-state index contributed by atoms with van der Waals surface area (Å²) in [6.07, 6.45) is 0. The average molecular weight is 197 g/mol. The molecule has 1 aromatic rings. The molecule has 0 unspecified atom stereocenters. The summed E-state index contributed by atoms with van der Waals surface area (Å²) in [7, 11) is 0. The van der Waals surface area contributed by atoms with Gasteiger partial charge in [-0.15, -0.1) is 0 Å². The van der Waals surface area contributed by atoms with Crippen molar-refractivity contribution in [2.24, 2.45) is 0 Å². The molecule has 2 nitrogen and oxygen atoms in total. The van der Waals surface area contributed by atoms with Gasteiger partial charge in [0.1, 0.15) is 12.4 Å². The third kappa shape index (κ3) is 2.38. The number of hydrogen-bond donors (Lipinski definition) is 2. The Morgan fingerprint density at radius 1 is 1.46 bits per heavy atom. The van der Waals surface area contributed by atoms with Gasteiger partial charge >= 0.3 is 0 Å². The molecule has 13 heavy (non-hydrogen) atoms. The van der Waals surface area contributed by atoms with E-state index in [0.717, 1.165) is 0 Å².